The van der Waals surface area contributed by atoms with Gasteiger partial charge in [0.25, 0.3) is 5.91 Å². The zero-order valence-electron chi connectivity index (χ0n) is 10.8. The van der Waals surface area contributed by atoms with Crippen molar-refractivity contribution in [2.45, 2.75) is 0 Å². The number of nitrogens with one attached hydrogen (secondary N) is 1. The predicted octanol–water partition coefficient (Wildman–Crippen LogP) is 2.57. The van der Waals surface area contributed by atoms with Crippen molar-refractivity contribution in [3.05, 3.63) is 65.8 Å². The third-order valence-electron chi connectivity index (χ3n) is 2.81. The van der Waals surface area contributed by atoms with Gasteiger partial charge in [0.05, 0.1) is 22.5 Å². The highest BCUT2D eigenvalue weighted by Crippen LogP contribution is 2.17. The largest absolute Gasteiger partial charge is 0.321 e. The SMILES string of the molecule is O=C(Nc1ccc(-n2cnnc2)nc1)c1ccccc1Cl. The Morgan fingerprint density at radius 2 is 1.86 bits per heavy atom. The third kappa shape index (κ3) is 2.90. The van der Waals surface area contributed by atoms with Crippen LogP contribution in [-0.2, 0) is 0 Å². The molecule has 0 aliphatic heterocycles. The second-order valence-electron chi connectivity index (χ2n) is 4.21. The summed E-state index contributed by atoms with van der Waals surface area (Å²) in [6.07, 6.45) is 4.65. The first-order chi connectivity index (χ1) is 10.2. The van der Waals surface area contributed by atoms with Gasteiger partial charge in [-0.15, -0.1) is 10.2 Å². The Kier molecular flexibility index (Phi) is 3.61. The van der Waals surface area contributed by atoms with Gasteiger partial charge >= 0.3 is 0 Å². The molecule has 0 aliphatic carbocycles. The van der Waals surface area contributed by atoms with Gasteiger partial charge in [-0.05, 0) is 24.3 Å². The molecule has 0 radical (unpaired) electrons. The Morgan fingerprint density at radius 1 is 1.10 bits per heavy atom. The number of aromatic nitrogens is 4. The van der Waals surface area contributed by atoms with E-state index in [0.29, 0.717) is 22.1 Å². The van der Waals surface area contributed by atoms with Crippen LogP contribution in [0.25, 0.3) is 5.82 Å². The predicted molar refractivity (Wildman–Crippen MR) is 78.6 cm³/mol. The maximum atomic E-state index is 12.1. The summed E-state index contributed by atoms with van der Waals surface area (Å²) >= 11 is 5.98. The minimum atomic E-state index is -0.278. The lowest BCUT2D eigenvalue weighted by Crippen LogP contribution is -2.12. The Labute approximate surface area is 125 Å². The number of pyridine rings is 1. The molecule has 0 bridgehead atoms. The van der Waals surface area contributed by atoms with Crippen LogP contribution in [0.5, 0.6) is 0 Å². The Bertz CT molecular complexity index is 755. The van der Waals surface area contributed by atoms with Gasteiger partial charge < -0.3 is 5.32 Å². The van der Waals surface area contributed by atoms with Crippen LogP contribution in [0.15, 0.2) is 55.2 Å². The quantitative estimate of drug-likeness (QED) is 0.806. The van der Waals surface area contributed by atoms with Crippen molar-refractivity contribution in [2.24, 2.45) is 0 Å². The van der Waals surface area contributed by atoms with E-state index in [2.05, 4.69) is 20.5 Å². The molecule has 0 saturated carbocycles. The van der Waals surface area contributed by atoms with E-state index >= 15 is 0 Å². The number of nitrogens with zero attached hydrogens (tertiary/aromatic N) is 4. The number of carbonyl (C=O) groups excluding carboxylic acids is 1. The Hall–Kier alpha value is -2.73. The van der Waals surface area contributed by atoms with E-state index in [1.165, 1.54) is 0 Å². The van der Waals surface area contributed by atoms with Crippen molar-refractivity contribution in [2.75, 3.05) is 5.32 Å². The fourth-order valence-electron chi connectivity index (χ4n) is 1.78. The molecular weight excluding hydrogens is 290 g/mol. The summed E-state index contributed by atoms with van der Waals surface area (Å²) in [5.41, 5.74) is 0.999. The van der Waals surface area contributed by atoms with Crippen molar-refractivity contribution in [3.8, 4) is 5.82 Å². The van der Waals surface area contributed by atoms with E-state index in [9.17, 15) is 4.79 Å². The van der Waals surface area contributed by atoms with Crippen molar-refractivity contribution >= 4 is 23.2 Å². The molecule has 6 nitrogen and oxygen atoms in total. The molecule has 1 amide bonds. The highest BCUT2D eigenvalue weighted by molar-refractivity contribution is 6.34. The molecule has 0 fully saturated rings. The lowest BCUT2D eigenvalue weighted by atomic mass is 10.2. The van der Waals surface area contributed by atoms with Gasteiger partial charge in [0.2, 0.25) is 0 Å². The zero-order chi connectivity index (χ0) is 14.7. The number of carbonyl (C=O) groups is 1. The maximum absolute atomic E-state index is 12.1. The number of benzene rings is 1. The highest BCUT2D eigenvalue weighted by atomic mass is 35.5. The highest BCUT2D eigenvalue weighted by Gasteiger charge is 2.10. The minimum Gasteiger partial charge on any atom is -0.321 e. The van der Waals surface area contributed by atoms with E-state index in [1.54, 1.807) is 59.8 Å². The van der Waals surface area contributed by atoms with Crippen molar-refractivity contribution < 1.29 is 4.79 Å². The topological polar surface area (TPSA) is 72.7 Å². The molecule has 0 saturated heterocycles. The first-order valence-corrected chi connectivity index (χ1v) is 6.49. The molecule has 0 unspecified atom stereocenters. The van der Waals surface area contributed by atoms with Crippen molar-refractivity contribution in [1.29, 1.82) is 0 Å². The first kappa shape index (κ1) is 13.3. The average Bonchev–Trinajstić information content (AvgIpc) is 3.02. The minimum absolute atomic E-state index is 0.278. The number of rotatable bonds is 3. The molecule has 1 aromatic carbocycles. The smallest absolute Gasteiger partial charge is 0.257 e. The molecule has 3 rings (SSSR count). The van der Waals surface area contributed by atoms with E-state index in [0.717, 1.165) is 0 Å². The summed E-state index contributed by atoms with van der Waals surface area (Å²) in [7, 11) is 0. The van der Waals surface area contributed by atoms with Crippen LogP contribution in [0.3, 0.4) is 0 Å². The molecule has 2 aromatic heterocycles. The normalized spacial score (nSPS) is 10.3. The lowest BCUT2D eigenvalue weighted by Gasteiger charge is -2.07. The van der Waals surface area contributed by atoms with Gasteiger partial charge in [-0.1, -0.05) is 23.7 Å². The van der Waals surface area contributed by atoms with Crippen LogP contribution in [0.4, 0.5) is 5.69 Å². The molecular formula is C14H10ClN5O. The summed E-state index contributed by atoms with van der Waals surface area (Å²) in [4.78, 5) is 16.3. The van der Waals surface area contributed by atoms with Crippen molar-refractivity contribution in [3.63, 3.8) is 0 Å². The molecule has 21 heavy (non-hydrogen) atoms. The maximum Gasteiger partial charge on any atom is 0.257 e. The molecule has 104 valence electrons. The molecule has 3 aromatic rings. The van der Waals surface area contributed by atoms with E-state index < -0.39 is 0 Å². The molecule has 1 N–H and O–H groups in total. The van der Waals surface area contributed by atoms with Crippen LogP contribution < -0.4 is 5.32 Å². The second kappa shape index (κ2) is 5.72. The van der Waals surface area contributed by atoms with Gasteiger partial charge in [-0.2, -0.15) is 0 Å². The summed E-state index contributed by atoms with van der Waals surface area (Å²) in [5.74, 6) is 0.384. The monoisotopic (exact) mass is 299 g/mol. The standard InChI is InChI=1S/C14H10ClN5O/c15-12-4-2-1-3-11(12)14(21)19-10-5-6-13(16-7-10)20-8-17-18-9-20/h1-9H,(H,19,21). The lowest BCUT2D eigenvalue weighted by molar-refractivity contribution is 0.102. The zero-order valence-corrected chi connectivity index (χ0v) is 11.5. The van der Waals surface area contributed by atoms with E-state index in [-0.39, 0.29) is 5.91 Å². The molecule has 0 aliphatic rings. The number of hydrogen-bond acceptors (Lipinski definition) is 4. The fourth-order valence-corrected chi connectivity index (χ4v) is 2.00. The molecule has 0 atom stereocenters. The van der Waals surface area contributed by atoms with Gasteiger partial charge in [-0.3, -0.25) is 9.36 Å². The Morgan fingerprint density at radius 3 is 2.52 bits per heavy atom. The van der Waals surface area contributed by atoms with Crippen LogP contribution >= 0.6 is 11.6 Å². The van der Waals surface area contributed by atoms with Crippen LogP contribution in [0, 0.1) is 0 Å². The van der Waals surface area contributed by atoms with Crippen LogP contribution in [-0.4, -0.2) is 25.7 Å². The van der Waals surface area contributed by atoms with E-state index in [1.807, 2.05) is 0 Å². The fraction of sp³-hybridized carbons (Fsp3) is 0. The molecule has 0 spiro atoms. The van der Waals surface area contributed by atoms with Crippen LogP contribution in [0.2, 0.25) is 5.02 Å². The number of amides is 1. The number of hydrogen-bond donors (Lipinski definition) is 1. The molecule has 2 heterocycles. The van der Waals surface area contributed by atoms with Gasteiger partial charge in [0.15, 0.2) is 0 Å². The summed E-state index contributed by atoms with van der Waals surface area (Å²) in [6.45, 7) is 0. The average molecular weight is 300 g/mol. The van der Waals surface area contributed by atoms with E-state index in [4.69, 9.17) is 11.6 Å². The van der Waals surface area contributed by atoms with Crippen molar-refractivity contribution in [1.82, 2.24) is 19.7 Å². The van der Waals surface area contributed by atoms with Gasteiger partial charge in [0.1, 0.15) is 18.5 Å². The Balaban J connectivity index is 1.77. The van der Waals surface area contributed by atoms with Gasteiger partial charge in [-0.25, -0.2) is 4.98 Å². The van der Waals surface area contributed by atoms with Crippen LogP contribution in [0.1, 0.15) is 10.4 Å². The summed E-state index contributed by atoms with van der Waals surface area (Å²) < 4.78 is 1.67. The third-order valence-corrected chi connectivity index (χ3v) is 3.14. The number of anilines is 1. The summed E-state index contributed by atoms with van der Waals surface area (Å²) in [5, 5.41) is 10.6. The molecule has 7 heteroatoms. The first-order valence-electron chi connectivity index (χ1n) is 6.11. The number of halogens is 1. The second-order valence-corrected chi connectivity index (χ2v) is 4.62. The van der Waals surface area contributed by atoms with Gasteiger partial charge in [0, 0.05) is 0 Å². The summed E-state index contributed by atoms with van der Waals surface area (Å²) in [6, 6.07) is 10.4.